The van der Waals surface area contributed by atoms with E-state index < -0.39 is 29.3 Å². The number of rotatable bonds is 8. The molecule has 6 aromatic carbocycles. The van der Waals surface area contributed by atoms with Crippen LogP contribution in [0.1, 0.15) is 57.3 Å². The van der Waals surface area contributed by atoms with Gasteiger partial charge in [0.05, 0.1) is 24.3 Å². The van der Waals surface area contributed by atoms with E-state index in [1.165, 1.54) is 35.4 Å². The molecule has 1 saturated heterocycles. The number of halogens is 6. The first kappa shape index (κ1) is 41.8. The Bertz CT molecular complexity index is 2490. The number of alkyl halides is 6. The fraction of sp³-hybridized carbons (Fsp3) is 0.260. The van der Waals surface area contributed by atoms with Crippen LogP contribution < -0.4 is 9.47 Å². The minimum Gasteiger partial charge on any atom is -0.489 e. The first-order valence-corrected chi connectivity index (χ1v) is 20.1. The SMILES string of the molecule is FC(F)(F)c1ccc(-c2cccc(COc3ccc4c(c3)CCC3(C4)OCCO3)c2)cc1.O=C1CCc2cc(OCc3cccc(-c4ccc(C(F)(F)F)cc4)c3)ccc2C1. The molecular weight excluding hydrogens is 795 g/mol. The highest BCUT2D eigenvalue weighted by atomic mass is 19.4. The number of Topliss-reactive ketones (excluding diaryl/α,β-unsaturated/α-hetero) is 1. The van der Waals surface area contributed by atoms with Crippen molar-refractivity contribution in [1.82, 2.24) is 0 Å². The van der Waals surface area contributed by atoms with Crippen LogP contribution in [0, 0.1) is 0 Å². The molecule has 0 radical (unpaired) electrons. The van der Waals surface area contributed by atoms with Crippen LogP contribution >= 0.6 is 0 Å². The average Bonchev–Trinajstić information content (AvgIpc) is 3.72. The summed E-state index contributed by atoms with van der Waals surface area (Å²) in [5, 5.41) is 0. The smallest absolute Gasteiger partial charge is 0.416 e. The number of carbonyl (C=O) groups excluding carboxylic acids is 1. The van der Waals surface area contributed by atoms with Crippen LogP contribution in [0.4, 0.5) is 26.3 Å². The molecule has 1 aliphatic heterocycles. The fourth-order valence-electron chi connectivity index (χ4n) is 7.93. The summed E-state index contributed by atoms with van der Waals surface area (Å²) < 4.78 is 100. The van der Waals surface area contributed by atoms with Gasteiger partial charge in [-0.05, 0) is 129 Å². The molecule has 1 fully saturated rings. The zero-order valence-corrected chi connectivity index (χ0v) is 33.1. The fourth-order valence-corrected chi connectivity index (χ4v) is 7.93. The second-order valence-electron chi connectivity index (χ2n) is 15.5. The van der Waals surface area contributed by atoms with E-state index in [9.17, 15) is 31.1 Å². The zero-order valence-electron chi connectivity index (χ0n) is 33.1. The van der Waals surface area contributed by atoms with Crippen molar-refractivity contribution in [3.63, 3.8) is 0 Å². The molecule has 0 unspecified atom stereocenters. The molecule has 2 aliphatic carbocycles. The standard InChI is InChI=1S/C26H23F3O3.C24H19F3O2/c27-26(28,29)23-7-4-19(5-8-23)20-3-1-2-18(14-20)17-30-24-9-6-22-16-25(31-12-13-32-25)11-10-21(22)15-24;25-24(26,27)21-8-4-17(5-9-21)18-3-1-2-16(12-18)15-29-23-11-7-19-13-22(28)10-6-20(19)14-23/h1-9,14-15H,10-13,16-17H2;1-5,7-9,11-12,14H,6,10,13,15H2. The lowest BCUT2D eigenvalue weighted by Gasteiger charge is -2.32. The van der Waals surface area contributed by atoms with Gasteiger partial charge in [-0.15, -0.1) is 0 Å². The van der Waals surface area contributed by atoms with E-state index in [2.05, 4.69) is 12.1 Å². The topological polar surface area (TPSA) is 54.0 Å². The predicted octanol–water partition coefficient (Wildman–Crippen LogP) is 12.2. The summed E-state index contributed by atoms with van der Waals surface area (Å²) in [6.45, 7) is 2.04. The summed E-state index contributed by atoms with van der Waals surface area (Å²) in [7, 11) is 0. The van der Waals surface area contributed by atoms with Crippen molar-refractivity contribution in [2.24, 2.45) is 0 Å². The Hall–Kier alpha value is -5.91. The zero-order chi connectivity index (χ0) is 42.6. The molecule has 3 aliphatic rings. The van der Waals surface area contributed by atoms with Crippen molar-refractivity contribution < 1.29 is 50.1 Å². The predicted molar refractivity (Wildman–Crippen MR) is 219 cm³/mol. The molecule has 0 bridgehead atoms. The third kappa shape index (κ3) is 10.3. The Morgan fingerprint density at radius 3 is 1.51 bits per heavy atom. The van der Waals surface area contributed by atoms with E-state index in [-0.39, 0.29) is 5.78 Å². The number of benzene rings is 6. The van der Waals surface area contributed by atoms with Crippen molar-refractivity contribution >= 4 is 5.78 Å². The molecule has 5 nitrogen and oxygen atoms in total. The van der Waals surface area contributed by atoms with Crippen LogP contribution in [0.2, 0.25) is 0 Å². The van der Waals surface area contributed by atoms with Gasteiger partial charge in [0.1, 0.15) is 30.5 Å². The van der Waals surface area contributed by atoms with Gasteiger partial charge in [-0.1, -0.05) is 72.8 Å². The van der Waals surface area contributed by atoms with E-state index in [1.54, 1.807) is 0 Å². The van der Waals surface area contributed by atoms with E-state index in [0.717, 1.165) is 106 Å². The van der Waals surface area contributed by atoms with Gasteiger partial charge in [-0.25, -0.2) is 0 Å². The van der Waals surface area contributed by atoms with Gasteiger partial charge in [0.2, 0.25) is 0 Å². The maximum Gasteiger partial charge on any atom is 0.416 e. The number of aryl methyl sites for hydroxylation is 2. The first-order chi connectivity index (χ1) is 29.3. The van der Waals surface area contributed by atoms with Gasteiger partial charge in [0.15, 0.2) is 5.79 Å². The van der Waals surface area contributed by atoms with Gasteiger partial charge < -0.3 is 18.9 Å². The number of ketones is 1. The largest absolute Gasteiger partial charge is 0.489 e. The second kappa shape index (κ2) is 17.6. The van der Waals surface area contributed by atoms with Crippen LogP contribution in [0.3, 0.4) is 0 Å². The Morgan fingerprint density at radius 2 is 1.00 bits per heavy atom. The molecule has 1 spiro atoms. The lowest BCUT2D eigenvalue weighted by atomic mass is 9.87. The molecule has 0 atom stereocenters. The average molecular weight is 837 g/mol. The number of hydrogen-bond donors (Lipinski definition) is 0. The van der Waals surface area contributed by atoms with Gasteiger partial charge in [-0.2, -0.15) is 26.3 Å². The molecule has 61 heavy (non-hydrogen) atoms. The maximum absolute atomic E-state index is 12.8. The Labute approximate surface area is 349 Å². The summed E-state index contributed by atoms with van der Waals surface area (Å²) in [5.41, 5.74) is 8.43. The van der Waals surface area contributed by atoms with E-state index in [0.29, 0.717) is 39.3 Å². The van der Waals surface area contributed by atoms with Gasteiger partial charge >= 0.3 is 12.4 Å². The minimum atomic E-state index is -4.34. The summed E-state index contributed by atoms with van der Waals surface area (Å²) in [4.78, 5) is 11.6. The molecule has 1 heterocycles. The van der Waals surface area contributed by atoms with Crippen molar-refractivity contribution in [1.29, 1.82) is 0 Å². The molecule has 11 heteroatoms. The highest BCUT2D eigenvalue weighted by Crippen LogP contribution is 2.37. The molecular formula is C50H42F6O5. The maximum atomic E-state index is 12.8. The monoisotopic (exact) mass is 836 g/mol. The summed E-state index contributed by atoms with van der Waals surface area (Å²) in [6, 6.07) is 37.5. The molecule has 9 rings (SSSR count). The molecule has 314 valence electrons. The summed E-state index contributed by atoms with van der Waals surface area (Å²) in [6.07, 6.45) is -4.37. The summed E-state index contributed by atoms with van der Waals surface area (Å²) >= 11 is 0. The van der Waals surface area contributed by atoms with E-state index in [1.807, 2.05) is 72.8 Å². The number of hydrogen-bond acceptors (Lipinski definition) is 5. The highest BCUT2D eigenvalue weighted by molar-refractivity contribution is 5.83. The van der Waals surface area contributed by atoms with E-state index >= 15 is 0 Å². The Morgan fingerprint density at radius 1 is 0.508 bits per heavy atom. The first-order valence-electron chi connectivity index (χ1n) is 20.1. The van der Waals surface area contributed by atoms with Crippen molar-refractivity contribution in [3.8, 4) is 33.8 Å². The third-order valence-electron chi connectivity index (χ3n) is 11.2. The van der Waals surface area contributed by atoms with Crippen LogP contribution in [0.5, 0.6) is 11.5 Å². The highest BCUT2D eigenvalue weighted by Gasteiger charge is 2.40. The van der Waals surface area contributed by atoms with Crippen LogP contribution in [-0.2, 0) is 65.5 Å². The molecule has 0 aromatic heterocycles. The molecule has 0 N–H and O–H groups in total. The number of fused-ring (bicyclic) bond motifs is 2. The molecule has 0 amide bonds. The Kier molecular flexibility index (Phi) is 12.1. The number of ether oxygens (including phenoxy) is 4. The Balaban J connectivity index is 0.000000169. The van der Waals surface area contributed by atoms with Crippen LogP contribution in [0.15, 0.2) is 133 Å². The van der Waals surface area contributed by atoms with Crippen molar-refractivity contribution in [3.05, 3.63) is 178 Å². The van der Waals surface area contributed by atoms with Gasteiger partial charge in [-0.3, -0.25) is 4.79 Å². The van der Waals surface area contributed by atoms with Crippen LogP contribution in [-0.4, -0.2) is 24.8 Å². The van der Waals surface area contributed by atoms with Crippen molar-refractivity contribution in [2.75, 3.05) is 13.2 Å². The number of carbonyl (C=O) groups is 1. The van der Waals surface area contributed by atoms with Crippen molar-refractivity contribution in [2.45, 2.75) is 69.9 Å². The quantitative estimate of drug-likeness (QED) is 0.143. The normalized spacial score (nSPS) is 15.7. The van der Waals surface area contributed by atoms with E-state index in [4.69, 9.17) is 18.9 Å². The minimum absolute atomic E-state index is 0.270. The lowest BCUT2D eigenvalue weighted by Crippen LogP contribution is -2.36. The molecule has 0 saturated carbocycles. The second-order valence-corrected chi connectivity index (χ2v) is 15.5. The van der Waals surface area contributed by atoms with Gasteiger partial charge in [0, 0.05) is 25.7 Å². The van der Waals surface area contributed by atoms with Crippen LogP contribution in [0.25, 0.3) is 22.3 Å². The molecule has 6 aromatic rings. The third-order valence-corrected chi connectivity index (χ3v) is 11.2. The summed E-state index contributed by atoms with van der Waals surface area (Å²) in [5.74, 6) is 1.37. The van der Waals surface area contributed by atoms with Gasteiger partial charge in [0.25, 0.3) is 0 Å². The lowest BCUT2D eigenvalue weighted by molar-refractivity contribution is -0.163.